The van der Waals surface area contributed by atoms with Crippen LogP contribution in [-0.4, -0.2) is 37.0 Å². The summed E-state index contributed by atoms with van der Waals surface area (Å²) in [5.41, 5.74) is 3.89. The Bertz CT molecular complexity index is 951. The van der Waals surface area contributed by atoms with E-state index < -0.39 is 0 Å². The second-order valence-corrected chi connectivity index (χ2v) is 7.70. The predicted octanol–water partition coefficient (Wildman–Crippen LogP) is 4.91. The number of amides is 1. The van der Waals surface area contributed by atoms with Gasteiger partial charge in [-0.2, -0.15) is 0 Å². The van der Waals surface area contributed by atoms with Crippen molar-refractivity contribution in [1.82, 2.24) is 4.90 Å². The van der Waals surface area contributed by atoms with E-state index in [4.69, 9.17) is 11.6 Å². The monoisotopic (exact) mass is 405 g/mol. The Morgan fingerprint density at radius 2 is 1.59 bits per heavy atom. The zero-order chi connectivity index (χ0) is 20.1. The molecule has 1 N–H and O–H groups in total. The van der Waals surface area contributed by atoms with E-state index >= 15 is 0 Å². The third kappa shape index (κ3) is 5.17. The Labute approximate surface area is 176 Å². The number of hydrogen-bond acceptors (Lipinski definition) is 3. The average Bonchev–Trinajstić information content (AvgIpc) is 2.76. The van der Waals surface area contributed by atoms with Gasteiger partial charge in [0.1, 0.15) is 0 Å². The zero-order valence-electron chi connectivity index (χ0n) is 16.2. The highest BCUT2D eigenvalue weighted by Crippen LogP contribution is 2.18. The van der Waals surface area contributed by atoms with Crippen LogP contribution in [0.3, 0.4) is 0 Å². The standard InChI is InChI=1S/C24H24ClN3O/c25-21-6-4-5-20(17-21)24(29)26-22-11-9-19(10-12-22)18-27-13-15-28(16-14-27)23-7-2-1-3-8-23/h1-12,17H,13-16,18H2,(H,26,29). The molecule has 29 heavy (non-hydrogen) atoms. The largest absolute Gasteiger partial charge is 0.369 e. The first-order valence-electron chi connectivity index (χ1n) is 9.85. The van der Waals surface area contributed by atoms with Crippen molar-refractivity contribution in [3.63, 3.8) is 0 Å². The molecule has 1 heterocycles. The summed E-state index contributed by atoms with van der Waals surface area (Å²) < 4.78 is 0. The van der Waals surface area contributed by atoms with Crippen LogP contribution in [0.25, 0.3) is 0 Å². The molecule has 1 saturated heterocycles. The van der Waals surface area contributed by atoms with Crippen LogP contribution in [0.15, 0.2) is 78.9 Å². The lowest BCUT2D eigenvalue weighted by Crippen LogP contribution is -2.45. The maximum absolute atomic E-state index is 12.3. The fourth-order valence-electron chi connectivity index (χ4n) is 3.59. The van der Waals surface area contributed by atoms with Crippen LogP contribution < -0.4 is 10.2 Å². The SMILES string of the molecule is O=C(Nc1ccc(CN2CCN(c3ccccc3)CC2)cc1)c1cccc(Cl)c1. The number of nitrogens with one attached hydrogen (secondary N) is 1. The van der Waals surface area contributed by atoms with Gasteiger partial charge >= 0.3 is 0 Å². The molecule has 0 unspecified atom stereocenters. The van der Waals surface area contributed by atoms with Crippen molar-refractivity contribution in [2.24, 2.45) is 0 Å². The van der Waals surface area contributed by atoms with E-state index in [0.717, 1.165) is 38.4 Å². The van der Waals surface area contributed by atoms with Gasteiger partial charge in [-0.15, -0.1) is 0 Å². The van der Waals surface area contributed by atoms with E-state index in [1.807, 2.05) is 12.1 Å². The molecule has 0 saturated carbocycles. The predicted molar refractivity (Wildman–Crippen MR) is 120 cm³/mol. The Morgan fingerprint density at radius 1 is 0.862 bits per heavy atom. The number of anilines is 2. The Hall–Kier alpha value is -2.82. The van der Waals surface area contributed by atoms with E-state index in [-0.39, 0.29) is 5.91 Å². The van der Waals surface area contributed by atoms with Crippen LogP contribution in [0.2, 0.25) is 5.02 Å². The molecular weight excluding hydrogens is 382 g/mol. The highest BCUT2D eigenvalue weighted by Gasteiger charge is 2.17. The normalized spacial score (nSPS) is 14.6. The number of halogens is 1. The Morgan fingerprint density at radius 3 is 2.28 bits per heavy atom. The lowest BCUT2D eigenvalue weighted by molar-refractivity contribution is 0.102. The average molecular weight is 406 g/mol. The van der Waals surface area contributed by atoms with Gasteiger partial charge in [0.2, 0.25) is 0 Å². The van der Waals surface area contributed by atoms with Gasteiger partial charge in [-0.05, 0) is 48.0 Å². The summed E-state index contributed by atoms with van der Waals surface area (Å²) in [5.74, 6) is -0.155. The first-order chi connectivity index (χ1) is 14.2. The summed E-state index contributed by atoms with van der Waals surface area (Å²) in [7, 11) is 0. The van der Waals surface area contributed by atoms with Crippen LogP contribution in [0.5, 0.6) is 0 Å². The second-order valence-electron chi connectivity index (χ2n) is 7.26. The second kappa shape index (κ2) is 9.12. The topological polar surface area (TPSA) is 35.6 Å². The van der Waals surface area contributed by atoms with Crippen molar-refractivity contribution in [2.75, 3.05) is 36.4 Å². The number of piperazine rings is 1. The van der Waals surface area contributed by atoms with Gasteiger partial charge in [-0.25, -0.2) is 0 Å². The van der Waals surface area contributed by atoms with Crippen LogP contribution in [0.4, 0.5) is 11.4 Å². The molecule has 0 aliphatic carbocycles. The molecule has 0 aromatic heterocycles. The number of para-hydroxylation sites is 1. The van der Waals surface area contributed by atoms with Gasteiger partial charge in [0, 0.05) is 54.7 Å². The number of hydrogen-bond donors (Lipinski definition) is 1. The van der Waals surface area contributed by atoms with Crippen LogP contribution in [0, 0.1) is 0 Å². The molecule has 4 rings (SSSR count). The first kappa shape index (κ1) is 19.5. The molecule has 1 amide bonds. The summed E-state index contributed by atoms with van der Waals surface area (Å²) in [6.45, 7) is 5.09. The maximum Gasteiger partial charge on any atom is 0.255 e. The lowest BCUT2D eigenvalue weighted by Gasteiger charge is -2.36. The summed E-state index contributed by atoms with van der Waals surface area (Å²) in [4.78, 5) is 17.2. The van der Waals surface area contributed by atoms with Gasteiger partial charge in [0.05, 0.1) is 0 Å². The highest BCUT2D eigenvalue weighted by molar-refractivity contribution is 6.31. The Kier molecular flexibility index (Phi) is 6.13. The van der Waals surface area contributed by atoms with Crippen molar-refractivity contribution < 1.29 is 4.79 Å². The lowest BCUT2D eigenvalue weighted by atomic mass is 10.1. The molecule has 0 bridgehead atoms. The minimum Gasteiger partial charge on any atom is -0.369 e. The molecule has 1 aliphatic heterocycles. The molecule has 5 heteroatoms. The fraction of sp³-hybridized carbons (Fsp3) is 0.208. The molecule has 0 atom stereocenters. The number of nitrogens with zero attached hydrogens (tertiary/aromatic N) is 2. The third-order valence-corrected chi connectivity index (χ3v) is 5.43. The van der Waals surface area contributed by atoms with E-state index in [2.05, 4.69) is 57.6 Å². The van der Waals surface area contributed by atoms with Gasteiger partial charge in [0.15, 0.2) is 0 Å². The molecular formula is C24H24ClN3O. The molecule has 0 radical (unpaired) electrons. The molecule has 0 spiro atoms. The van der Waals surface area contributed by atoms with Crippen molar-refractivity contribution in [2.45, 2.75) is 6.54 Å². The van der Waals surface area contributed by atoms with Crippen LogP contribution >= 0.6 is 11.6 Å². The minimum atomic E-state index is -0.155. The molecule has 1 fully saturated rings. The summed E-state index contributed by atoms with van der Waals surface area (Å²) >= 11 is 5.96. The smallest absolute Gasteiger partial charge is 0.255 e. The van der Waals surface area contributed by atoms with Crippen molar-refractivity contribution in [3.05, 3.63) is 95.0 Å². The van der Waals surface area contributed by atoms with Gasteiger partial charge in [-0.3, -0.25) is 9.69 Å². The summed E-state index contributed by atoms with van der Waals surface area (Å²) in [6, 6.07) is 25.6. The van der Waals surface area contributed by atoms with Gasteiger partial charge in [-0.1, -0.05) is 48.0 Å². The van der Waals surface area contributed by atoms with Gasteiger partial charge < -0.3 is 10.2 Å². The van der Waals surface area contributed by atoms with E-state index in [0.29, 0.717) is 10.6 Å². The van der Waals surface area contributed by atoms with Crippen molar-refractivity contribution >= 4 is 28.9 Å². The van der Waals surface area contributed by atoms with Crippen LogP contribution in [0.1, 0.15) is 15.9 Å². The number of carbonyl (C=O) groups is 1. The quantitative estimate of drug-likeness (QED) is 0.654. The summed E-state index contributed by atoms with van der Waals surface area (Å²) in [6.07, 6.45) is 0. The molecule has 1 aliphatic rings. The minimum absolute atomic E-state index is 0.155. The van der Waals surface area contributed by atoms with Crippen molar-refractivity contribution in [1.29, 1.82) is 0 Å². The molecule has 3 aromatic rings. The number of carbonyl (C=O) groups excluding carboxylic acids is 1. The highest BCUT2D eigenvalue weighted by atomic mass is 35.5. The van der Waals surface area contributed by atoms with E-state index in [9.17, 15) is 4.79 Å². The molecule has 3 aromatic carbocycles. The number of benzene rings is 3. The third-order valence-electron chi connectivity index (χ3n) is 5.20. The molecule has 4 nitrogen and oxygen atoms in total. The first-order valence-corrected chi connectivity index (χ1v) is 10.2. The fourth-order valence-corrected chi connectivity index (χ4v) is 3.78. The Balaban J connectivity index is 1.29. The van der Waals surface area contributed by atoms with Crippen molar-refractivity contribution in [3.8, 4) is 0 Å². The zero-order valence-corrected chi connectivity index (χ0v) is 17.0. The maximum atomic E-state index is 12.3. The van der Waals surface area contributed by atoms with E-state index in [1.54, 1.807) is 24.3 Å². The summed E-state index contributed by atoms with van der Waals surface area (Å²) in [5, 5.41) is 3.48. The molecule has 148 valence electrons. The van der Waals surface area contributed by atoms with Gasteiger partial charge in [0.25, 0.3) is 5.91 Å². The van der Waals surface area contributed by atoms with Crippen LogP contribution in [-0.2, 0) is 6.54 Å². The number of rotatable bonds is 5. The van der Waals surface area contributed by atoms with E-state index in [1.165, 1.54) is 11.3 Å².